The van der Waals surface area contributed by atoms with Gasteiger partial charge in [-0.1, -0.05) is 0 Å². The van der Waals surface area contributed by atoms with Crippen LogP contribution in [-0.2, 0) is 10.3 Å². The van der Waals surface area contributed by atoms with Crippen LogP contribution in [0.4, 0.5) is 10.1 Å². The first kappa shape index (κ1) is 24.9. The van der Waals surface area contributed by atoms with Crippen LogP contribution in [0.5, 0.6) is 0 Å². The van der Waals surface area contributed by atoms with Gasteiger partial charge in [-0.15, -0.1) is 0 Å². The molecule has 2 aromatic rings. The van der Waals surface area contributed by atoms with Crippen molar-refractivity contribution >= 4 is 11.4 Å². The summed E-state index contributed by atoms with van der Waals surface area (Å²) in [6, 6.07) is 6.35. The van der Waals surface area contributed by atoms with Crippen LogP contribution >= 0.6 is 0 Å². The molecule has 0 unspecified atom stereocenters. The molecule has 0 atom stereocenters. The summed E-state index contributed by atoms with van der Waals surface area (Å²) >= 11 is 0. The molecule has 4 heterocycles. The molecule has 0 amide bonds. The van der Waals surface area contributed by atoms with Crippen LogP contribution < -0.4 is 22.2 Å². The van der Waals surface area contributed by atoms with E-state index in [1.165, 1.54) is 43.4 Å². The molecule has 6 rings (SSSR count). The monoisotopic (exact) mass is 495 g/mol. The predicted molar refractivity (Wildman–Crippen MR) is 139 cm³/mol. The average Bonchev–Trinajstić information content (AvgIpc) is 3.82. The van der Waals surface area contributed by atoms with Crippen molar-refractivity contribution in [3.05, 3.63) is 59.8 Å². The summed E-state index contributed by atoms with van der Waals surface area (Å²) in [5, 5.41) is 1.67. The largest absolute Gasteiger partial charge is 0.397 e. The fourth-order valence-electron chi connectivity index (χ4n) is 4.67. The fourth-order valence-corrected chi connectivity index (χ4v) is 4.67. The number of nitrogens with zero attached hydrogens (tertiary/aromatic N) is 4. The number of anilines is 1. The lowest BCUT2D eigenvalue weighted by Gasteiger charge is -2.46. The number of aromatic nitrogens is 2. The van der Waals surface area contributed by atoms with Gasteiger partial charge in [0.25, 0.3) is 0 Å². The van der Waals surface area contributed by atoms with Crippen molar-refractivity contribution in [3.8, 4) is 0 Å². The number of hydrogen-bond donors (Lipinski definition) is 3. The van der Waals surface area contributed by atoms with Crippen LogP contribution in [-0.4, -0.2) is 53.5 Å². The van der Waals surface area contributed by atoms with Gasteiger partial charge in [-0.2, -0.15) is 0 Å². The number of piperidine rings is 1. The molecule has 2 aliphatic heterocycles. The number of nitrogens with two attached hydrogens (primary N) is 3. The Kier molecular flexibility index (Phi) is 7.14. The summed E-state index contributed by atoms with van der Waals surface area (Å²) in [6.45, 7) is 3.40. The third-order valence-electron chi connectivity index (χ3n) is 7.70. The van der Waals surface area contributed by atoms with Crippen molar-refractivity contribution < 1.29 is 9.13 Å². The molecule has 0 radical (unpaired) electrons. The van der Waals surface area contributed by atoms with E-state index in [1.54, 1.807) is 17.4 Å². The van der Waals surface area contributed by atoms with Gasteiger partial charge in [0.15, 0.2) is 0 Å². The van der Waals surface area contributed by atoms with Crippen molar-refractivity contribution in [1.29, 1.82) is 0 Å². The maximum absolute atomic E-state index is 12.1. The summed E-state index contributed by atoms with van der Waals surface area (Å²) in [4.78, 5) is 11.5. The first-order valence-corrected chi connectivity index (χ1v) is 13.1. The van der Waals surface area contributed by atoms with Gasteiger partial charge in [0.05, 0.1) is 36.5 Å². The van der Waals surface area contributed by atoms with E-state index in [9.17, 15) is 4.39 Å². The molecule has 36 heavy (non-hydrogen) atoms. The number of alkyl halides is 1. The molecule has 2 aromatic heterocycles. The molecule has 0 bridgehead atoms. The standard InChI is InChI=1S/C23H30N6O.C4H8FN/c24-21(19-10-18(11-26-12-19)17-4-5-17)14-29(25)23(15-30-16-23)22-7-6-20(13-27-22)28-8-2-1-3-9-28;5-4(3-6)1-2-4/h6-7,10-14,17H,1-5,8-9,15-16,24-25H2;1-3,6H2/b21-14-;. The quantitative estimate of drug-likeness (QED) is 0.396. The van der Waals surface area contributed by atoms with E-state index in [4.69, 9.17) is 27.0 Å². The Bertz CT molecular complexity index is 1060. The van der Waals surface area contributed by atoms with Crippen molar-refractivity contribution in [1.82, 2.24) is 15.0 Å². The maximum Gasteiger partial charge on any atom is 0.143 e. The van der Waals surface area contributed by atoms with Gasteiger partial charge in [-0.3, -0.25) is 15.0 Å². The second-order valence-corrected chi connectivity index (χ2v) is 10.6. The third-order valence-corrected chi connectivity index (χ3v) is 7.70. The molecule has 0 spiro atoms. The van der Waals surface area contributed by atoms with Crippen LogP contribution in [0.1, 0.15) is 67.7 Å². The van der Waals surface area contributed by atoms with Gasteiger partial charge in [0.2, 0.25) is 0 Å². The summed E-state index contributed by atoms with van der Waals surface area (Å²) in [6.07, 6.45) is 15.1. The Morgan fingerprint density at radius 1 is 1.14 bits per heavy atom. The van der Waals surface area contributed by atoms with Crippen molar-refractivity contribution in [2.75, 3.05) is 37.7 Å². The van der Waals surface area contributed by atoms with Crippen molar-refractivity contribution in [3.63, 3.8) is 0 Å². The molecular formula is C27H38FN7O. The smallest absolute Gasteiger partial charge is 0.143 e. The summed E-state index contributed by atoms with van der Waals surface area (Å²) in [5.41, 5.74) is 14.8. The molecule has 4 aliphatic rings. The number of halogens is 1. The van der Waals surface area contributed by atoms with Crippen LogP contribution in [0.3, 0.4) is 0 Å². The van der Waals surface area contributed by atoms with Crippen molar-refractivity contribution in [2.24, 2.45) is 17.3 Å². The van der Waals surface area contributed by atoms with Gasteiger partial charge < -0.3 is 21.1 Å². The highest BCUT2D eigenvalue weighted by atomic mass is 19.1. The van der Waals surface area contributed by atoms with E-state index in [0.717, 1.165) is 24.3 Å². The second-order valence-electron chi connectivity index (χ2n) is 10.6. The Labute approximate surface area is 212 Å². The summed E-state index contributed by atoms with van der Waals surface area (Å²) in [7, 11) is 0. The fraction of sp³-hybridized carbons (Fsp3) is 0.556. The number of hydrogen-bond acceptors (Lipinski definition) is 8. The molecule has 4 fully saturated rings. The van der Waals surface area contributed by atoms with Crippen LogP contribution in [0.15, 0.2) is 43.0 Å². The Hall–Kier alpha value is -2.75. The third kappa shape index (κ3) is 5.48. The van der Waals surface area contributed by atoms with Crippen molar-refractivity contribution in [2.45, 2.75) is 62.1 Å². The van der Waals surface area contributed by atoms with Crippen LogP contribution in [0, 0.1) is 0 Å². The Morgan fingerprint density at radius 3 is 2.42 bits per heavy atom. The van der Waals surface area contributed by atoms with E-state index in [2.05, 4.69) is 28.1 Å². The zero-order chi connectivity index (χ0) is 25.2. The maximum atomic E-state index is 12.1. The highest BCUT2D eigenvalue weighted by molar-refractivity contribution is 5.62. The van der Waals surface area contributed by atoms with Gasteiger partial charge in [0, 0.05) is 43.8 Å². The lowest BCUT2D eigenvalue weighted by molar-refractivity contribution is -0.133. The summed E-state index contributed by atoms with van der Waals surface area (Å²) < 4.78 is 17.7. The Balaban J connectivity index is 0.000000391. The van der Waals surface area contributed by atoms with Gasteiger partial charge in [0.1, 0.15) is 11.2 Å². The molecular weight excluding hydrogens is 457 g/mol. The minimum absolute atomic E-state index is 0.215. The minimum atomic E-state index is -0.931. The molecule has 6 N–H and O–H groups in total. The normalized spacial score (nSPS) is 22.2. The van der Waals surface area contributed by atoms with E-state index in [1.807, 2.05) is 12.4 Å². The minimum Gasteiger partial charge on any atom is -0.397 e. The summed E-state index contributed by atoms with van der Waals surface area (Å²) in [5.74, 6) is 7.13. The molecule has 2 aliphatic carbocycles. The highest BCUT2D eigenvalue weighted by Crippen LogP contribution is 2.40. The van der Waals surface area contributed by atoms with E-state index >= 15 is 0 Å². The zero-order valence-corrected chi connectivity index (χ0v) is 20.9. The van der Waals surface area contributed by atoms with Gasteiger partial charge >= 0.3 is 0 Å². The molecule has 194 valence electrons. The first-order chi connectivity index (χ1) is 17.4. The second kappa shape index (κ2) is 10.3. The zero-order valence-electron chi connectivity index (χ0n) is 20.9. The molecule has 8 nitrogen and oxygen atoms in total. The lowest BCUT2D eigenvalue weighted by Crippen LogP contribution is -2.60. The number of rotatable bonds is 7. The number of hydrazine groups is 1. The van der Waals surface area contributed by atoms with Gasteiger partial charge in [-0.25, -0.2) is 10.2 Å². The molecule has 9 heteroatoms. The van der Waals surface area contributed by atoms with Gasteiger partial charge in [-0.05, 0) is 74.6 Å². The number of pyridine rings is 2. The topological polar surface area (TPSA) is 120 Å². The van der Waals surface area contributed by atoms with E-state index in [0.29, 0.717) is 37.7 Å². The van der Waals surface area contributed by atoms with Crippen LogP contribution in [0.2, 0.25) is 0 Å². The lowest BCUT2D eigenvalue weighted by atomic mass is 9.91. The highest BCUT2D eigenvalue weighted by Gasteiger charge is 2.45. The predicted octanol–water partition coefficient (Wildman–Crippen LogP) is 3.15. The molecule has 0 aromatic carbocycles. The molecule has 2 saturated carbocycles. The first-order valence-electron chi connectivity index (χ1n) is 13.1. The SMILES string of the molecule is N/C(=C\N(N)C1(c2ccc(N3CCCCC3)cn2)COC1)c1cncc(C2CC2)c1.NCC1(F)CC1. The van der Waals surface area contributed by atoms with E-state index < -0.39 is 11.2 Å². The van der Waals surface area contributed by atoms with Crippen LogP contribution in [0.25, 0.3) is 5.70 Å². The molecule has 2 saturated heterocycles. The Morgan fingerprint density at radius 2 is 1.89 bits per heavy atom. The van der Waals surface area contributed by atoms with E-state index in [-0.39, 0.29) is 6.54 Å². The average molecular weight is 496 g/mol. The number of ether oxygens (including phenoxy) is 1.